The number of carbonyl (C=O) groups is 4. The molecule has 0 saturated carbocycles. The Morgan fingerprint density at radius 3 is 1.50 bits per heavy atom. The Labute approximate surface area is 193 Å². The Hall–Kier alpha value is -1.80. The zero-order valence-corrected chi connectivity index (χ0v) is 21.4. The fourth-order valence-electron chi connectivity index (χ4n) is 2.59. The van der Waals surface area contributed by atoms with E-state index in [2.05, 4.69) is 6.92 Å². The molecule has 32 heavy (non-hydrogen) atoms. The molecule has 0 bridgehead atoms. The van der Waals surface area contributed by atoms with Crippen LogP contribution < -0.4 is 0 Å². The number of esters is 1. The number of carboxylic acid groups (broad SMARTS) is 1. The van der Waals surface area contributed by atoms with E-state index in [0.29, 0.717) is 19.8 Å². The molecule has 0 spiro atoms. The van der Waals surface area contributed by atoms with Crippen LogP contribution in [0.2, 0.25) is 0 Å². The summed E-state index contributed by atoms with van der Waals surface area (Å²) in [7, 11) is 0. The molecular formula is C24H44O8. The highest BCUT2D eigenvalue weighted by molar-refractivity contribution is 6.04. The summed E-state index contributed by atoms with van der Waals surface area (Å²) >= 11 is 0. The summed E-state index contributed by atoms with van der Waals surface area (Å²) in [6.07, 6.45) is 2.16. The Morgan fingerprint density at radius 2 is 1.12 bits per heavy atom. The second kappa shape index (κ2) is 15.9. The molecule has 8 nitrogen and oxygen atoms in total. The highest BCUT2D eigenvalue weighted by Gasteiger charge is 2.38. The van der Waals surface area contributed by atoms with Crippen molar-refractivity contribution in [1.29, 1.82) is 0 Å². The molecule has 0 radical (unpaired) electrons. The first-order chi connectivity index (χ1) is 14.6. The minimum Gasteiger partial charge on any atom is -0.481 e. The molecule has 0 unspecified atom stereocenters. The maximum absolute atomic E-state index is 11.9. The van der Waals surface area contributed by atoms with Crippen LogP contribution in [0.5, 0.6) is 0 Å². The van der Waals surface area contributed by atoms with Crippen LogP contribution in [0.4, 0.5) is 0 Å². The molecular weight excluding hydrogens is 416 g/mol. The molecule has 0 aromatic rings. The van der Waals surface area contributed by atoms with Crippen molar-refractivity contribution in [3.8, 4) is 0 Å². The molecule has 1 N–H and O–H groups in total. The van der Waals surface area contributed by atoms with Crippen molar-refractivity contribution in [2.45, 2.75) is 75.2 Å². The lowest BCUT2D eigenvalue weighted by Crippen LogP contribution is -2.38. The van der Waals surface area contributed by atoms with Gasteiger partial charge in [0.1, 0.15) is 17.4 Å². The summed E-state index contributed by atoms with van der Waals surface area (Å²) in [4.78, 5) is 45.6. The number of unbranched alkanes of at least 4 members (excludes halogenated alkanes) is 1. The van der Waals surface area contributed by atoms with Gasteiger partial charge in [-0.05, 0) is 34.1 Å². The fraction of sp³-hybridized carbons (Fsp3) is 0.833. The molecule has 188 valence electrons. The van der Waals surface area contributed by atoms with Gasteiger partial charge >= 0.3 is 11.9 Å². The van der Waals surface area contributed by atoms with Crippen molar-refractivity contribution in [3.05, 3.63) is 0 Å². The van der Waals surface area contributed by atoms with E-state index in [4.69, 9.17) is 19.3 Å². The van der Waals surface area contributed by atoms with Crippen molar-refractivity contribution in [2.75, 3.05) is 33.0 Å². The van der Waals surface area contributed by atoms with Gasteiger partial charge in [-0.3, -0.25) is 19.2 Å². The fourth-order valence-corrected chi connectivity index (χ4v) is 2.59. The molecule has 0 rings (SSSR count). The predicted molar refractivity (Wildman–Crippen MR) is 122 cm³/mol. The molecule has 8 heteroatoms. The van der Waals surface area contributed by atoms with Crippen molar-refractivity contribution < 1.29 is 38.5 Å². The third kappa shape index (κ3) is 12.3. The van der Waals surface area contributed by atoms with Gasteiger partial charge in [0, 0.05) is 18.4 Å². The maximum atomic E-state index is 11.9. The van der Waals surface area contributed by atoms with Crippen LogP contribution in [0.25, 0.3) is 0 Å². The smallest absolute Gasteiger partial charge is 0.319 e. The van der Waals surface area contributed by atoms with Crippen LogP contribution in [0.1, 0.15) is 75.2 Å². The topological polar surface area (TPSA) is 116 Å². The predicted octanol–water partition coefficient (Wildman–Crippen LogP) is 3.94. The molecule has 0 aliphatic heterocycles. The Kier molecular flexibility index (Phi) is 16.1. The van der Waals surface area contributed by atoms with Gasteiger partial charge in [0.05, 0.1) is 19.8 Å². The highest BCUT2D eigenvalue weighted by atomic mass is 16.6. The number of ketones is 2. The summed E-state index contributed by atoms with van der Waals surface area (Å²) in [6, 6.07) is 0. The van der Waals surface area contributed by atoms with Gasteiger partial charge in [-0.1, -0.05) is 41.0 Å². The van der Waals surface area contributed by atoms with E-state index in [0.717, 1.165) is 19.4 Å². The second-order valence-corrected chi connectivity index (χ2v) is 9.31. The van der Waals surface area contributed by atoms with Crippen molar-refractivity contribution in [2.24, 2.45) is 22.7 Å². The van der Waals surface area contributed by atoms with Crippen LogP contribution in [0.15, 0.2) is 0 Å². The summed E-state index contributed by atoms with van der Waals surface area (Å²) in [5.41, 5.74) is -2.34. The van der Waals surface area contributed by atoms with Gasteiger partial charge in [-0.25, -0.2) is 0 Å². The van der Waals surface area contributed by atoms with Gasteiger partial charge in [0.15, 0.2) is 11.6 Å². The van der Waals surface area contributed by atoms with E-state index < -0.39 is 22.8 Å². The zero-order chi connectivity index (χ0) is 25.5. The van der Waals surface area contributed by atoms with Crippen LogP contribution in [-0.2, 0) is 33.4 Å². The van der Waals surface area contributed by atoms with Crippen molar-refractivity contribution in [3.63, 3.8) is 0 Å². The molecule has 0 aliphatic rings. The van der Waals surface area contributed by atoms with Gasteiger partial charge in [0.2, 0.25) is 0 Å². The number of carboxylic acids is 1. The van der Waals surface area contributed by atoms with Crippen LogP contribution in [0.3, 0.4) is 0 Å². The van der Waals surface area contributed by atoms with Crippen LogP contribution in [-0.4, -0.2) is 61.6 Å². The molecule has 0 aliphatic carbocycles. The first-order valence-corrected chi connectivity index (χ1v) is 11.3. The summed E-state index contributed by atoms with van der Waals surface area (Å²) < 4.78 is 15.7. The van der Waals surface area contributed by atoms with E-state index >= 15 is 0 Å². The normalized spacial score (nSPS) is 11.7. The highest BCUT2D eigenvalue weighted by Crippen LogP contribution is 2.23. The lowest BCUT2D eigenvalue weighted by atomic mass is 9.82. The van der Waals surface area contributed by atoms with Gasteiger partial charge in [-0.2, -0.15) is 0 Å². The molecule has 0 fully saturated rings. The Balaban J connectivity index is 0. The number of aliphatic carboxylic acids is 1. The van der Waals surface area contributed by atoms with Gasteiger partial charge in [0.25, 0.3) is 0 Å². The monoisotopic (exact) mass is 460 g/mol. The third-order valence-electron chi connectivity index (χ3n) is 4.80. The Bertz CT molecular complexity index is 591. The average Bonchev–Trinajstić information content (AvgIpc) is 2.71. The second-order valence-electron chi connectivity index (χ2n) is 9.31. The van der Waals surface area contributed by atoms with E-state index in [1.807, 2.05) is 0 Å². The minimum absolute atomic E-state index is 0.113. The summed E-state index contributed by atoms with van der Waals surface area (Å²) in [5, 5.41) is 8.64. The van der Waals surface area contributed by atoms with E-state index in [9.17, 15) is 19.2 Å². The molecule has 0 amide bonds. The average molecular weight is 461 g/mol. The van der Waals surface area contributed by atoms with Gasteiger partial charge < -0.3 is 19.3 Å². The molecule has 0 saturated heterocycles. The molecule has 0 aromatic carbocycles. The minimum atomic E-state index is -1.24. The first-order valence-electron chi connectivity index (χ1n) is 11.3. The number of hydrogen-bond donors (Lipinski definition) is 1. The summed E-state index contributed by atoms with van der Waals surface area (Å²) in [5.74, 6) is -2.31. The van der Waals surface area contributed by atoms with Gasteiger partial charge in [-0.15, -0.1) is 0 Å². The number of hydrogen-bond acceptors (Lipinski definition) is 7. The zero-order valence-electron chi connectivity index (χ0n) is 21.4. The number of ether oxygens (including phenoxy) is 3. The van der Waals surface area contributed by atoms with Crippen molar-refractivity contribution >= 4 is 23.5 Å². The molecule has 0 atom stereocenters. The third-order valence-corrected chi connectivity index (χ3v) is 4.80. The van der Waals surface area contributed by atoms with E-state index in [-0.39, 0.29) is 30.0 Å². The summed E-state index contributed by atoms with van der Waals surface area (Å²) in [6.45, 7) is 17.4. The maximum Gasteiger partial charge on any atom is 0.319 e. The SMILES string of the molecule is CC(C)C(=O)C(C)(C)C(=O)O.CCCCOCCOCCOC(=O)C(C)(C)C(=O)C(C)C. The van der Waals surface area contributed by atoms with E-state index in [1.165, 1.54) is 13.8 Å². The first kappa shape index (κ1) is 32.4. The Morgan fingerprint density at radius 1 is 0.719 bits per heavy atom. The number of carbonyl (C=O) groups excluding carboxylic acids is 3. The molecule has 0 heterocycles. The quantitative estimate of drug-likeness (QED) is 0.222. The lowest BCUT2D eigenvalue weighted by molar-refractivity contribution is -0.161. The number of rotatable bonds is 15. The van der Waals surface area contributed by atoms with E-state index in [1.54, 1.807) is 41.5 Å². The standard InChI is InChI=1S/C16H30O5.C8H14O3/c1-6-7-8-19-9-10-20-11-12-21-15(18)16(4,5)14(17)13(2)3;1-5(2)6(9)8(3,4)7(10)11/h13H,6-12H2,1-5H3;5H,1-4H3,(H,10,11). The van der Waals surface area contributed by atoms with Crippen molar-refractivity contribution in [1.82, 2.24) is 0 Å². The number of Topliss-reactive ketones (excluding diaryl/α,β-unsaturated/α-hetero) is 2. The molecule has 0 aromatic heterocycles. The lowest BCUT2D eigenvalue weighted by Gasteiger charge is -2.23. The largest absolute Gasteiger partial charge is 0.481 e. The van der Waals surface area contributed by atoms with Crippen LogP contribution >= 0.6 is 0 Å². The van der Waals surface area contributed by atoms with Crippen LogP contribution in [0, 0.1) is 22.7 Å².